The second kappa shape index (κ2) is 9.45. The number of hydrogen-bond acceptors (Lipinski definition) is 4. The van der Waals surface area contributed by atoms with Crippen molar-refractivity contribution in [3.63, 3.8) is 0 Å². The lowest BCUT2D eigenvalue weighted by atomic mass is 9.82. The van der Waals surface area contributed by atoms with Crippen LogP contribution in [0.1, 0.15) is 101 Å². The van der Waals surface area contributed by atoms with E-state index in [1.807, 2.05) is 4.40 Å². The number of nitrogens with one attached hydrogen (secondary N) is 1. The number of pyridine rings is 1. The molecule has 0 atom stereocenters. The number of piperidine rings is 1. The van der Waals surface area contributed by atoms with Crippen molar-refractivity contribution in [1.82, 2.24) is 24.5 Å². The van der Waals surface area contributed by atoms with E-state index in [-0.39, 0.29) is 11.2 Å². The quantitative estimate of drug-likeness (QED) is 0.298. The standard InChI is InChI=1S/C33H45N5O/c1-20(2)29-26-15-24(23-11-13-37(14-12-23)25-16-32(5,6)39-33(7,8)17-25)9-10-28(26)35-30(29)27-18-38-19-34-36-31(38)22(4)21(27)3/h9-10,15,18-20,23,25,35H,11-14,16-17H2,1-8H3. The van der Waals surface area contributed by atoms with Crippen LogP contribution in [0.4, 0.5) is 0 Å². The number of likely N-dealkylation sites (tertiary alicyclic amines) is 1. The second-order valence-corrected chi connectivity index (χ2v) is 13.7. The van der Waals surface area contributed by atoms with E-state index in [0.29, 0.717) is 17.9 Å². The molecule has 1 N–H and O–H groups in total. The Kier molecular flexibility index (Phi) is 6.42. The van der Waals surface area contributed by atoms with Gasteiger partial charge in [0.2, 0.25) is 0 Å². The van der Waals surface area contributed by atoms with Gasteiger partial charge in [-0.05, 0) is 127 Å². The SMILES string of the molecule is Cc1c(-c2[nH]c3ccc(C4CCN(C5CC(C)(C)OC(C)(C)C5)CC4)cc3c2C(C)C)cn2cnnc2c1C. The predicted molar refractivity (Wildman–Crippen MR) is 160 cm³/mol. The lowest BCUT2D eigenvalue weighted by Crippen LogP contribution is -2.54. The van der Waals surface area contributed by atoms with Crippen molar-refractivity contribution in [2.24, 2.45) is 0 Å². The number of hydrogen-bond donors (Lipinski definition) is 1. The zero-order valence-corrected chi connectivity index (χ0v) is 25.1. The maximum Gasteiger partial charge on any atom is 0.163 e. The Morgan fingerprint density at radius 3 is 2.36 bits per heavy atom. The van der Waals surface area contributed by atoms with Crippen LogP contribution in [0.5, 0.6) is 0 Å². The molecule has 0 bridgehead atoms. The molecule has 0 amide bonds. The van der Waals surface area contributed by atoms with Crippen molar-refractivity contribution < 1.29 is 4.74 Å². The smallest absolute Gasteiger partial charge is 0.163 e. The molecule has 2 aliphatic rings. The minimum atomic E-state index is -0.0522. The minimum absolute atomic E-state index is 0.0522. The van der Waals surface area contributed by atoms with Gasteiger partial charge in [-0.25, -0.2) is 0 Å². The lowest BCUT2D eigenvalue weighted by Gasteiger charge is -2.50. The fraction of sp³-hybridized carbons (Fsp3) is 0.576. The van der Waals surface area contributed by atoms with Crippen molar-refractivity contribution in [1.29, 1.82) is 0 Å². The highest BCUT2D eigenvalue weighted by molar-refractivity contribution is 5.92. The summed E-state index contributed by atoms with van der Waals surface area (Å²) < 4.78 is 8.42. The van der Waals surface area contributed by atoms with Crippen LogP contribution < -0.4 is 0 Å². The molecule has 5 heterocycles. The summed E-state index contributed by atoms with van der Waals surface area (Å²) in [5, 5.41) is 9.83. The summed E-state index contributed by atoms with van der Waals surface area (Å²) in [4.78, 5) is 6.56. The molecule has 6 nitrogen and oxygen atoms in total. The molecule has 2 aliphatic heterocycles. The number of ether oxygens (including phenoxy) is 1. The molecule has 0 spiro atoms. The first-order valence-electron chi connectivity index (χ1n) is 14.8. The van der Waals surface area contributed by atoms with E-state index in [1.165, 1.54) is 70.3 Å². The summed E-state index contributed by atoms with van der Waals surface area (Å²) in [6.07, 6.45) is 8.67. The number of aromatic nitrogens is 4. The number of rotatable bonds is 4. The first-order chi connectivity index (χ1) is 18.4. The van der Waals surface area contributed by atoms with Crippen molar-refractivity contribution in [3.8, 4) is 11.3 Å². The predicted octanol–water partition coefficient (Wildman–Crippen LogP) is 7.53. The van der Waals surface area contributed by atoms with E-state index in [0.717, 1.165) is 18.5 Å². The Labute approximate surface area is 233 Å². The largest absolute Gasteiger partial charge is 0.370 e. The Bertz CT molecular complexity index is 1500. The first kappa shape index (κ1) is 26.5. The molecule has 4 aromatic rings. The molecule has 0 saturated carbocycles. The molecule has 0 unspecified atom stereocenters. The summed E-state index contributed by atoms with van der Waals surface area (Å²) in [6.45, 7) is 20.4. The number of nitrogens with zero attached hydrogens (tertiary/aromatic N) is 4. The molecule has 208 valence electrons. The van der Waals surface area contributed by atoms with Gasteiger partial charge in [-0.1, -0.05) is 19.9 Å². The van der Waals surface area contributed by atoms with Gasteiger partial charge < -0.3 is 14.6 Å². The lowest BCUT2D eigenvalue weighted by molar-refractivity contribution is -0.178. The van der Waals surface area contributed by atoms with E-state index in [4.69, 9.17) is 4.74 Å². The van der Waals surface area contributed by atoms with Gasteiger partial charge in [0.25, 0.3) is 0 Å². The molecule has 1 aromatic carbocycles. The summed E-state index contributed by atoms with van der Waals surface area (Å²) in [5.74, 6) is 1.02. The van der Waals surface area contributed by atoms with Gasteiger partial charge in [-0.2, -0.15) is 0 Å². The highest BCUT2D eigenvalue weighted by atomic mass is 16.5. The monoisotopic (exact) mass is 527 g/mol. The van der Waals surface area contributed by atoms with Gasteiger partial charge in [0, 0.05) is 28.7 Å². The number of H-pyrrole nitrogens is 1. The van der Waals surface area contributed by atoms with Gasteiger partial charge in [-0.15, -0.1) is 10.2 Å². The van der Waals surface area contributed by atoms with Crippen LogP contribution in [-0.4, -0.2) is 54.8 Å². The molecule has 39 heavy (non-hydrogen) atoms. The average molecular weight is 528 g/mol. The fourth-order valence-electron chi connectivity index (χ4n) is 7.65. The highest BCUT2D eigenvalue weighted by Crippen LogP contribution is 2.42. The Balaban J connectivity index is 1.29. The van der Waals surface area contributed by atoms with E-state index in [1.54, 1.807) is 6.33 Å². The first-order valence-corrected chi connectivity index (χ1v) is 14.8. The van der Waals surface area contributed by atoms with Gasteiger partial charge in [0.1, 0.15) is 6.33 Å². The van der Waals surface area contributed by atoms with Crippen LogP contribution in [0.3, 0.4) is 0 Å². The topological polar surface area (TPSA) is 58.5 Å². The Hall–Kier alpha value is -2.70. The normalized spacial score (nSPS) is 20.9. The second-order valence-electron chi connectivity index (χ2n) is 13.7. The van der Waals surface area contributed by atoms with Crippen LogP contribution in [0.2, 0.25) is 0 Å². The van der Waals surface area contributed by atoms with E-state index in [9.17, 15) is 0 Å². The van der Waals surface area contributed by atoms with Gasteiger partial charge in [0.05, 0.1) is 16.9 Å². The minimum Gasteiger partial charge on any atom is -0.370 e. The number of aromatic amines is 1. The Morgan fingerprint density at radius 1 is 1.00 bits per heavy atom. The average Bonchev–Trinajstić information content (AvgIpc) is 3.48. The van der Waals surface area contributed by atoms with Crippen LogP contribution in [0.15, 0.2) is 30.7 Å². The van der Waals surface area contributed by atoms with E-state index in [2.05, 4.69) is 99.9 Å². The van der Waals surface area contributed by atoms with Crippen molar-refractivity contribution in [3.05, 3.63) is 53.0 Å². The van der Waals surface area contributed by atoms with Crippen LogP contribution in [-0.2, 0) is 4.74 Å². The van der Waals surface area contributed by atoms with E-state index >= 15 is 0 Å². The summed E-state index contributed by atoms with van der Waals surface area (Å²) in [5.41, 5.74) is 9.85. The molecule has 2 fully saturated rings. The molecule has 6 rings (SSSR count). The number of aryl methyl sites for hydroxylation is 1. The highest BCUT2D eigenvalue weighted by Gasteiger charge is 2.42. The molecular formula is C33H45N5O. The summed E-state index contributed by atoms with van der Waals surface area (Å²) in [6, 6.07) is 7.79. The van der Waals surface area contributed by atoms with E-state index < -0.39 is 0 Å². The van der Waals surface area contributed by atoms with Gasteiger partial charge in [-0.3, -0.25) is 4.40 Å². The third-order valence-electron chi connectivity index (χ3n) is 9.38. The molecular weight excluding hydrogens is 482 g/mol. The molecule has 2 saturated heterocycles. The summed E-state index contributed by atoms with van der Waals surface area (Å²) >= 11 is 0. The van der Waals surface area contributed by atoms with Crippen molar-refractivity contribution in [2.75, 3.05) is 13.1 Å². The van der Waals surface area contributed by atoms with Crippen molar-refractivity contribution in [2.45, 2.75) is 110 Å². The molecule has 6 heteroatoms. The van der Waals surface area contributed by atoms with Crippen LogP contribution in [0.25, 0.3) is 27.8 Å². The maximum absolute atomic E-state index is 6.37. The molecule has 3 aromatic heterocycles. The number of benzene rings is 1. The third-order valence-corrected chi connectivity index (χ3v) is 9.38. The molecule has 0 radical (unpaired) electrons. The zero-order chi connectivity index (χ0) is 27.7. The maximum atomic E-state index is 6.37. The van der Waals surface area contributed by atoms with Crippen LogP contribution in [0, 0.1) is 13.8 Å². The van der Waals surface area contributed by atoms with Crippen LogP contribution >= 0.6 is 0 Å². The van der Waals surface area contributed by atoms with Crippen molar-refractivity contribution >= 4 is 16.6 Å². The number of fused-ring (bicyclic) bond motifs is 2. The van der Waals surface area contributed by atoms with Gasteiger partial charge >= 0.3 is 0 Å². The fourth-order valence-corrected chi connectivity index (χ4v) is 7.65. The Morgan fingerprint density at radius 2 is 1.69 bits per heavy atom. The zero-order valence-electron chi connectivity index (χ0n) is 25.1. The van der Waals surface area contributed by atoms with Gasteiger partial charge in [0.15, 0.2) is 5.65 Å². The molecule has 0 aliphatic carbocycles. The third kappa shape index (κ3) is 4.80. The summed E-state index contributed by atoms with van der Waals surface area (Å²) in [7, 11) is 0.